The van der Waals surface area contributed by atoms with Crippen LogP contribution in [0.15, 0.2) is 12.2 Å². The molecule has 174 valence electrons. The van der Waals surface area contributed by atoms with Gasteiger partial charge in [-0.2, -0.15) is 0 Å². The van der Waals surface area contributed by atoms with Crippen molar-refractivity contribution >= 4 is 5.91 Å². The average Bonchev–Trinajstić information content (AvgIpc) is 3.00. The average molecular weight is 440 g/mol. The zero-order valence-electron chi connectivity index (χ0n) is 17.9. The van der Waals surface area contributed by atoms with Gasteiger partial charge in [-0.15, -0.1) is 0 Å². The number of allylic oxidation sites excluding steroid dienone is 1. The Morgan fingerprint density at radius 1 is 1.10 bits per heavy atom. The van der Waals surface area contributed by atoms with E-state index in [0.717, 1.165) is 0 Å². The molecule has 0 saturated carbocycles. The normalized spacial score (nSPS) is 32.6. The van der Waals surface area contributed by atoms with Crippen molar-refractivity contribution < 1.29 is 39.8 Å². The maximum Gasteiger partial charge on any atom is 0.219 e. The fourth-order valence-electron chi connectivity index (χ4n) is 4.16. The number of ether oxygens (including phenoxy) is 2. The molecule has 1 fully saturated rings. The number of hydrogen-bond acceptors (Lipinski definition) is 8. The summed E-state index contributed by atoms with van der Waals surface area (Å²) in [6.07, 6.45) is -1.45. The second-order valence-corrected chi connectivity index (χ2v) is 8.20. The molecule has 10 heteroatoms. The summed E-state index contributed by atoms with van der Waals surface area (Å²) in [4.78, 5) is 11.5. The number of hydrogen-bond donors (Lipinski definition) is 6. The van der Waals surface area contributed by atoms with E-state index in [0.29, 0.717) is 17.5 Å². The van der Waals surface area contributed by atoms with Gasteiger partial charge in [0.2, 0.25) is 5.91 Å². The maximum absolute atomic E-state index is 11.5. The third-order valence-corrected chi connectivity index (χ3v) is 6.05. The Hall–Kier alpha value is -2.11. The molecule has 2 heterocycles. The molecule has 5 unspecified atom stereocenters. The Labute approximate surface area is 180 Å². The lowest BCUT2D eigenvalue weighted by Crippen LogP contribution is -2.57. The highest BCUT2D eigenvalue weighted by molar-refractivity contribution is 5.75. The minimum Gasteiger partial charge on any atom is -0.494 e. The molecule has 1 saturated heterocycles. The van der Waals surface area contributed by atoms with E-state index >= 15 is 0 Å². The van der Waals surface area contributed by atoms with Gasteiger partial charge in [0, 0.05) is 43.0 Å². The number of carbonyl (C=O) groups is 1. The van der Waals surface area contributed by atoms with Gasteiger partial charge in [-0.1, -0.05) is 19.1 Å². The van der Waals surface area contributed by atoms with Crippen molar-refractivity contribution in [1.29, 1.82) is 0 Å². The number of aliphatic hydroxyl groups excluding tert-OH is 3. The lowest BCUT2D eigenvalue weighted by Gasteiger charge is -2.39. The molecule has 3 rings (SSSR count). The minimum atomic E-state index is -1.42. The van der Waals surface area contributed by atoms with Gasteiger partial charge in [0.15, 0.2) is 18.1 Å². The van der Waals surface area contributed by atoms with Crippen molar-refractivity contribution in [3.8, 4) is 11.8 Å². The smallest absolute Gasteiger partial charge is 0.219 e. The number of aromatic nitrogens is 1. The van der Waals surface area contributed by atoms with Crippen molar-refractivity contribution in [2.75, 3.05) is 13.7 Å². The summed E-state index contributed by atoms with van der Waals surface area (Å²) in [6.45, 7) is 3.75. The number of nitrogens with one attached hydrogen (secondary N) is 1. The SMILES string of the molecule is CNC(=O)CCCn1c(O)c2c(c1O)C(CO[C@@H]1OC(C)[C@H](O)C(O)C1O)C=CC2C. The molecule has 1 aromatic rings. The number of aliphatic hydroxyl groups is 3. The second-order valence-electron chi connectivity index (χ2n) is 8.20. The first-order valence-corrected chi connectivity index (χ1v) is 10.5. The minimum absolute atomic E-state index is 0.0166. The second kappa shape index (κ2) is 9.58. The molecule has 1 amide bonds. The van der Waals surface area contributed by atoms with Crippen LogP contribution >= 0.6 is 0 Å². The van der Waals surface area contributed by atoms with Crippen LogP contribution in [0.2, 0.25) is 0 Å². The third kappa shape index (κ3) is 4.58. The van der Waals surface area contributed by atoms with E-state index in [4.69, 9.17) is 9.47 Å². The molecule has 7 atom stereocenters. The van der Waals surface area contributed by atoms with Crippen molar-refractivity contribution in [1.82, 2.24) is 9.88 Å². The summed E-state index contributed by atoms with van der Waals surface area (Å²) in [5.41, 5.74) is 1.11. The van der Waals surface area contributed by atoms with Crippen LogP contribution in [0.3, 0.4) is 0 Å². The number of aromatic hydroxyl groups is 2. The molecule has 1 aliphatic carbocycles. The largest absolute Gasteiger partial charge is 0.494 e. The number of nitrogens with zero attached hydrogens (tertiary/aromatic N) is 1. The summed E-state index contributed by atoms with van der Waals surface area (Å²) in [5.74, 6) is -0.821. The highest BCUT2D eigenvalue weighted by Crippen LogP contribution is 2.46. The van der Waals surface area contributed by atoms with Crippen LogP contribution < -0.4 is 5.32 Å². The summed E-state index contributed by atoms with van der Waals surface area (Å²) in [6, 6.07) is 0. The van der Waals surface area contributed by atoms with Crippen LogP contribution in [0.25, 0.3) is 0 Å². The predicted octanol–water partition coefficient (Wildman–Crippen LogP) is 0.0265. The molecule has 10 nitrogen and oxygen atoms in total. The fourth-order valence-corrected chi connectivity index (χ4v) is 4.16. The molecule has 6 N–H and O–H groups in total. The molecule has 0 spiro atoms. The standard InChI is InChI=1S/C21H32N2O8/c1-10-6-7-12(9-30-21-18(27)17(26)16(25)11(2)31-21)15-14(10)19(28)23(20(15)29)8-4-5-13(24)22-3/h6-7,10-12,16-18,21,25-29H,4-5,8-9H2,1-3H3,(H,22,24)/t10?,11?,12?,16-,17?,18?,21+/m0/s1. The van der Waals surface area contributed by atoms with Gasteiger partial charge in [-0.25, -0.2) is 0 Å². The number of amides is 1. The molecule has 31 heavy (non-hydrogen) atoms. The quantitative estimate of drug-likeness (QED) is 0.325. The van der Waals surface area contributed by atoms with E-state index in [-0.39, 0.29) is 43.2 Å². The van der Waals surface area contributed by atoms with Crippen LogP contribution in [-0.2, 0) is 20.8 Å². The summed E-state index contributed by atoms with van der Waals surface area (Å²) in [7, 11) is 1.55. The van der Waals surface area contributed by atoms with Crippen LogP contribution in [0.1, 0.15) is 49.7 Å². The van der Waals surface area contributed by atoms with Gasteiger partial charge < -0.3 is 40.3 Å². The molecule has 1 aliphatic heterocycles. The molecule has 0 aromatic carbocycles. The Kier molecular flexibility index (Phi) is 7.28. The molecular weight excluding hydrogens is 408 g/mol. The fraction of sp³-hybridized carbons (Fsp3) is 0.667. The van der Waals surface area contributed by atoms with Crippen LogP contribution in [0.5, 0.6) is 11.8 Å². The van der Waals surface area contributed by atoms with Crippen molar-refractivity contribution in [3.05, 3.63) is 23.3 Å². The van der Waals surface area contributed by atoms with Crippen molar-refractivity contribution in [3.63, 3.8) is 0 Å². The van der Waals surface area contributed by atoms with Crippen LogP contribution in [0, 0.1) is 0 Å². The number of fused-ring (bicyclic) bond motifs is 1. The van der Waals surface area contributed by atoms with E-state index in [1.165, 1.54) is 4.57 Å². The maximum atomic E-state index is 11.5. The van der Waals surface area contributed by atoms with Crippen LogP contribution in [0.4, 0.5) is 0 Å². The van der Waals surface area contributed by atoms with E-state index in [1.807, 2.05) is 19.1 Å². The van der Waals surface area contributed by atoms with Gasteiger partial charge in [0.25, 0.3) is 0 Å². The highest BCUT2D eigenvalue weighted by atomic mass is 16.7. The van der Waals surface area contributed by atoms with Gasteiger partial charge in [0.1, 0.15) is 18.3 Å². The Morgan fingerprint density at radius 2 is 1.77 bits per heavy atom. The predicted molar refractivity (Wildman–Crippen MR) is 110 cm³/mol. The first-order chi connectivity index (χ1) is 14.7. The molecule has 2 aliphatic rings. The van der Waals surface area contributed by atoms with Gasteiger partial charge >= 0.3 is 0 Å². The summed E-state index contributed by atoms with van der Waals surface area (Å²) in [5, 5.41) is 54.0. The Balaban J connectivity index is 1.75. The van der Waals surface area contributed by atoms with Gasteiger partial charge in [0.05, 0.1) is 12.7 Å². The van der Waals surface area contributed by atoms with Crippen molar-refractivity contribution in [2.45, 2.75) is 75.8 Å². The zero-order valence-corrected chi connectivity index (χ0v) is 17.9. The molecule has 0 radical (unpaired) electrons. The monoisotopic (exact) mass is 440 g/mol. The van der Waals surface area contributed by atoms with Gasteiger partial charge in [-0.3, -0.25) is 9.36 Å². The van der Waals surface area contributed by atoms with Crippen molar-refractivity contribution in [2.24, 2.45) is 0 Å². The third-order valence-electron chi connectivity index (χ3n) is 6.05. The van der Waals surface area contributed by atoms with E-state index in [9.17, 15) is 30.3 Å². The first-order valence-electron chi connectivity index (χ1n) is 10.5. The topological polar surface area (TPSA) is 154 Å². The van der Waals surface area contributed by atoms with Gasteiger partial charge in [-0.05, 0) is 13.3 Å². The zero-order chi connectivity index (χ0) is 22.9. The summed E-state index contributed by atoms with van der Waals surface area (Å²) < 4.78 is 12.6. The first kappa shape index (κ1) is 23.6. The molecule has 1 aromatic heterocycles. The Morgan fingerprint density at radius 3 is 2.45 bits per heavy atom. The van der Waals surface area contributed by atoms with Crippen LogP contribution in [-0.4, -0.2) is 80.4 Å². The molecule has 0 bridgehead atoms. The lowest BCUT2D eigenvalue weighted by molar-refractivity contribution is -0.293. The van der Waals surface area contributed by atoms with E-state index in [1.54, 1.807) is 14.0 Å². The lowest BCUT2D eigenvalue weighted by atomic mass is 9.85. The van der Waals surface area contributed by atoms with E-state index < -0.39 is 36.6 Å². The summed E-state index contributed by atoms with van der Waals surface area (Å²) >= 11 is 0. The number of carbonyl (C=O) groups excluding carboxylic acids is 1. The number of rotatable bonds is 7. The van der Waals surface area contributed by atoms with E-state index in [2.05, 4.69) is 5.32 Å². The Bertz CT molecular complexity index is 823. The highest BCUT2D eigenvalue weighted by Gasteiger charge is 2.43. The molecular formula is C21H32N2O8.